The second-order valence-corrected chi connectivity index (χ2v) is 5.87. The number of benzene rings is 2. The van der Waals surface area contributed by atoms with Crippen LogP contribution in [0.5, 0.6) is 5.75 Å². The summed E-state index contributed by atoms with van der Waals surface area (Å²) in [5, 5.41) is 11.4. The van der Waals surface area contributed by atoms with Gasteiger partial charge in [-0.15, -0.1) is 0 Å². The SMILES string of the molecule is Cc1ccc(-c2cnc(Cl)c3cc(OCC#N)ccc23)c(Cl)c1. The lowest BCUT2D eigenvalue weighted by atomic mass is 10.00. The summed E-state index contributed by atoms with van der Waals surface area (Å²) in [6, 6.07) is 13.3. The first-order chi connectivity index (χ1) is 11.1. The van der Waals surface area contributed by atoms with Gasteiger partial charge in [0, 0.05) is 27.7 Å². The molecule has 0 saturated heterocycles. The van der Waals surface area contributed by atoms with E-state index in [0.29, 0.717) is 15.9 Å². The smallest absolute Gasteiger partial charge is 0.174 e. The summed E-state index contributed by atoms with van der Waals surface area (Å²) in [5.41, 5.74) is 2.90. The van der Waals surface area contributed by atoms with Crippen LogP contribution in [0.3, 0.4) is 0 Å². The van der Waals surface area contributed by atoms with Crippen molar-refractivity contribution in [3.63, 3.8) is 0 Å². The molecule has 0 amide bonds. The molecule has 1 aromatic heterocycles. The number of nitriles is 1. The van der Waals surface area contributed by atoms with Gasteiger partial charge in [-0.1, -0.05) is 35.3 Å². The lowest BCUT2D eigenvalue weighted by Gasteiger charge is -2.11. The van der Waals surface area contributed by atoms with Crippen LogP contribution in [-0.2, 0) is 0 Å². The highest BCUT2D eigenvalue weighted by Crippen LogP contribution is 2.37. The van der Waals surface area contributed by atoms with Crippen molar-refractivity contribution in [2.75, 3.05) is 6.61 Å². The number of fused-ring (bicyclic) bond motifs is 1. The fraction of sp³-hybridized carbons (Fsp3) is 0.111. The van der Waals surface area contributed by atoms with Gasteiger partial charge in [-0.25, -0.2) is 4.98 Å². The van der Waals surface area contributed by atoms with Crippen LogP contribution in [0.2, 0.25) is 10.2 Å². The Morgan fingerprint density at radius 1 is 1.09 bits per heavy atom. The van der Waals surface area contributed by atoms with E-state index in [2.05, 4.69) is 4.98 Å². The molecule has 1 heterocycles. The minimum absolute atomic E-state index is 0.0139. The van der Waals surface area contributed by atoms with Gasteiger partial charge in [0.2, 0.25) is 0 Å². The molecule has 3 aromatic rings. The molecule has 5 heteroatoms. The Hall–Kier alpha value is -2.28. The maximum absolute atomic E-state index is 8.61. The Morgan fingerprint density at radius 3 is 2.65 bits per heavy atom. The van der Waals surface area contributed by atoms with Gasteiger partial charge in [0.25, 0.3) is 0 Å². The number of aromatic nitrogens is 1. The first-order valence-corrected chi connectivity index (χ1v) is 7.70. The minimum Gasteiger partial charge on any atom is -0.479 e. The van der Waals surface area contributed by atoms with E-state index in [-0.39, 0.29) is 6.61 Å². The number of halogens is 2. The maximum atomic E-state index is 8.61. The highest BCUT2D eigenvalue weighted by Gasteiger charge is 2.12. The molecule has 0 bridgehead atoms. The molecule has 0 spiro atoms. The van der Waals surface area contributed by atoms with Crippen molar-refractivity contribution < 1.29 is 4.74 Å². The predicted octanol–water partition coefficient (Wildman–Crippen LogP) is 5.42. The molecule has 3 nitrogen and oxygen atoms in total. The molecule has 0 saturated carbocycles. The van der Waals surface area contributed by atoms with Crippen LogP contribution < -0.4 is 4.74 Å². The molecule has 114 valence electrons. The van der Waals surface area contributed by atoms with Crippen molar-refractivity contribution in [1.29, 1.82) is 5.26 Å². The van der Waals surface area contributed by atoms with Gasteiger partial charge < -0.3 is 4.74 Å². The molecule has 0 aliphatic rings. The highest BCUT2D eigenvalue weighted by molar-refractivity contribution is 6.36. The van der Waals surface area contributed by atoms with E-state index < -0.39 is 0 Å². The standard InChI is InChI=1S/C18H12Cl2N2O/c1-11-2-4-14(17(19)8-11)16-10-22-18(20)15-9-12(23-7-6-21)3-5-13(15)16/h2-5,8-10H,7H2,1H3. The summed E-state index contributed by atoms with van der Waals surface area (Å²) in [6.07, 6.45) is 1.72. The molecule has 0 N–H and O–H groups in total. The van der Waals surface area contributed by atoms with Crippen LogP contribution in [-0.4, -0.2) is 11.6 Å². The predicted molar refractivity (Wildman–Crippen MR) is 93.0 cm³/mol. The Morgan fingerprint density at radius 2 is 1.91 bits per heavy atom. The van der Waals surface area contributed by atoms with E-state index in [9.17, 15) is 0 Å². The molecule has 23 heavy (non-hydrogen) atoms. The van der Waals surface area contributed by atoms with Gasteiger partial charge in [0.05, 0.1) is 0 Å². The summed E-state index contributed by atoms with van der Waals surface area (Å²) < 4.78 is 5.33. The van der Waals surface area contributed by atoms with Crippen LogP contribution in [0.15, 0.2) is 42.6 Å². The third kappa shape index (κ3) is 3.10. The van der Waals surface area contributed by atoms with Gasteiger partial charge in [0.1, 0.15) is 17.0 Å². The molecule has 0 aliphatic carbocycles. The number of ether oxygens (including phenoxy) is 1. The molecule has 0 radical (unpaired) electrons. The molecule has 2 aromatic carbocycles. The molecule has 0 aliphatic heterocycles. The summed E-state index contributed by atoms with van der Waals surface area (Å²) >= 11 is 12.6. The van der Waals surface area contributed by atoms with Crippen molar-refractivity contribution in [3.8, 4) is 22.9 Å². The van der Waals surface area contributed by atoms with Gasteiger partial charge in [-0.2, -0.15) is 5.26 Å². The van der Waals surface area contributed by atoms with Crippen molar-refractivity contribution in [2.24, 2.45) is 0 Å². The number of aryl methyl sites for hydroxylation is 1. The third-order valence-electron chi connectivity index (χ3n) is 3.53. The molecule has 0 unspecified atom stereocenters. The molecular formula is C18H12Cl2N2O. The lowest BCUT2D eigenvalue weighted by Crippen LogP contribution is -1.94. The number of hydrogen-bond donors (Lipinski definition) is 0. The van der Waals surface area contributed by atoms with Crippen LogP contribution in [0.1, 0.15) is 5.56 Å². The zero-order valence-corrected chi connectivity index (χ0v) is 13.8. The average molecular weight is 343 g/mol. The zero-order valence-electron chi connectivity index (χ0n) is 12.3. The maximum Gasteiger partial charge on any atom is 0.174 e. The number of pyridine rings is 1. The van der Waals surface area contributed by atoms with Gasteiger partial charge >= 0.3 is 0 Å². The van der Waals surface area contributed by atoms with Crippen molar-refractivity contribution in [2.45, 2.75) is 6.92 Å². The number of rotatable bonds is 3. The van der Waals surface area contributed by atoms with E-state index >= 15 is 0 Å². The second-order valence-electron chi connectivity index (χ2n) is 5.10. The highest BCUT2D eigenvalue weighted by atomic mass is 35.5. The van der Waals surface area contributed by atoms with Crippen LogP contribution in [0.25, 0.3) is 21.9 Å². The van der Waals surface area contributed by atoms with Crippen LogP contribution in [0, 0.1) is 18.3 Å². The third-order valence-corrected chi connectivity index (χ3v) is 4.14. The van der Waals surface area contributed by atoms with Crippen molar-refractivity contribution in [1.82, 2.24) is 4.98 Å². The Bertz CT molecular complexity index is 932. The molecular weight excluding hydrogens is 331 g/mol. The van der Waals surface area contributed by atoms with E-state index in [4.69, 9.17) is 33.2 Å². The van der Waals surface area contributed by atoms with Gasteiger partial charge in [-0.3, -0.25) is 0 Å². The second kappa shape index (κ2) is 6.45. The zero-order chi connectivity index (χ0) is 16.4. The summed E-state index contributed by atoms with van der Waals surface area (Å²) in [4.78, 5) is 4.25. The monoisotopic (exact) mass is 342 g/mol. The molecule has 3 rings (SSSR count). The fourth-order valence-electron chi connectivity index (χ4n) is 2.45. The fourth-order valence-corrected chi connectivity index (χ4v) is 2.99. The largest absolute Gasteiger partial charge is 0.479 e. The van der Waals surface area contributed by atoms with Crippen LogP contribution >= 0.6 is 23.2 Å². The number of nitrogens with zero attached hydrogens (tertiary/aromatic N) is 2. The van der Waals surface area contributed by atoms with E-state index in [1.807, 2.05) is 43.3 Å². The van der Waals surface area contributed by atoms with Gasteiger partial charge in [0.15, 0.2) is 6.61 Å². The molecule has 0 atom stereocenters. The lowest BCUT2D eigenvalue weighted by molar-refractivity contribution is 0.368. The van der Waals surface area contributed by atoms with Crippen molar-refractivity contribution in [3.05, 3.63) is 58.3 Å². The van der Waals surface area contributed by atoms with E-state index in [1.165, 1.54) is 0 Å². The van der Waals surface area contributed by atoms with Gasteiger partial charge in [-0.05, 0) is 42.1 Å². The summed E-state index contributed by atoms with van der Waals surface area (Å²) in [7, 11) is 0. The summed E-state index contributed by atoms with van der Waals surface area (Å²) in [6.45, 7) is 1.98. The van der Waals surface area contributed by atoms with Crippen LogP contribution in [0.4, 0.5) is 0 Å². The quantitative estimate of drug-likeness (QED) is 0.597. The first-order valence-electron chi connectivity index (χ1n) is 6.94. The average Bonchev–Trinajstić information content (AvgIpc) is 2.54. The summed E-state index contributed by atoms with van der Waals surface area (Å²) in [5.74, 6) is 0.579. The Kier molecular flexibility index (Phi) is 4.38. The Labute approximate surface area is 144 Å². The molecule has 0 fully saturated rings. The van der Waals surface area contributed by atoms with E-state index in [1.54, 1.807) is 12.3 Å². The first kappa shape index (κ1) is 15.6. The van der Waals surface area contributed by atoms with Crippen molar-refractivity contribution >= 4 is 34.0 Å². The normalized spacial score (nSPS) is 10.5. The minimum atomic E-state index is -0.0139. The topological polar surface area (TPSA) is 45.9 Å². The number of hydrogen-bond acceptors (Lipinski definition) is 3. The van der Waals surface area contributed by atoms with E-state index in [0.717, 1.165) is 27.5 Å². The Balaban J connectivity index is 2.19.